The zero-order valence-corrected chi connectivity index (χ0v) is 22.8. The maximum absolute atomic E-state index is 2.47. The number of rotatable bonds is 2. The van der Waals surface area contributed by atoms with Gasteiger partial charge in [-0.3, -0.25) is 0 Å². The van der Waals surface area contributed by atoms with Crippen LogP contribution in [0, 0.1) is 0 Å². The Labute approximate surface area is 241 Å². The van der Waals surface area contributed by atoms with Crippen molar-refractivity contribution < 1.29 is 0 Å². The van der Waals surface area contributed by atoms with Crippen molar-refractivity contribution >= 4 is 70.7 Å². The molecule has 3 aromatic heterocycles. The summed E-state index contributed by atoms with van der Waals surface area (Å²) in [6.07, 6.45) is 0. The fraction of sp³-hybridized carbons (Fsp3) is 0. The quantitative estimate of drug-likeness (QED) is 0.209. The topological polar surface area (TPSA) is 9.34 Å². The second-order valence-electron chi connectivity index (χ2n) is 11.4. The van der Waals surface area contributed by atoms with Gasteiger partial charge in [0.2, 0.25) is 0 Å². The molecule has 0 atom stereocenters. The van der Waals surface area contributed by atoms with Crippen molar-refractivity contribution in [2.45, 2.75) is 0 Å². The maximum Gasteiger partial charge on any atom is 0.0620 e. The third kappa shape index (κ3) is 2.83. The molecule has 0 N–H and O–H groups in total. The summed E-state index contributed by atoms with van der Waals surface area (Å²) in [6, 6.07) is 53.5. The zero-order valence-electron chi connectivity index (χ0n) is 22.8. The number of nitrogens with zero attached hydrogens (tertiary/aromatic N) is 2. The smallest absolute Gasteiger partial charge is 0.0620 e. The van der Waals surface area contributed by atoms with Crippen LogP contribution in [-0.4, -0.2) is 8.97 Å². The van der Waals surface area contributed by atoms with Crippen LogP contribution in [0.5, 0.6) is 0 Å². The summed E-state index contributed by atoms with van der Waals surface area (Å²) in [7, 11) is 0. The normalized spacial score (nSPS) is 12.3. The summed E-state index contributed by atoms with van der Waals surface area (Å²) < 4.78 is 4.90. The van der Waals surface area contributed by atoms with E-state index in [1.807, 2.05) is 0 Å². The molecule has 0 unspecified atom stereocenters. The van der Waals surface area contributed by atoms with Gasteiger partial charge in [-0.15, -0.1) is 0 Å². The van der Waals surface area contributed by atoms with Gasteiger partial charge in [0.05, 0.1) is 27.6 Å². The Hall–Kier alpha value is -5.60. The molecule has 0 saturated carbocycles. The third-order valence-electron chi connectivity index (χ3n) is 9.18. The third-order valence-corrected chi connectivity index (χ3v) is 9.18. The number of benzene rings is 7. The Balaban J connectivity index is 1.32. The predicted octanol–water partition coefficient (Wildman–Crippen LogP) is 10.8. The van der Waals surface area contributed by atoms with E-state index in [4.69, 9.17) is 0 Å². The van der Waals surface area contributed by atoms with Gasteiger partial charge in [-0.05, 0) is 70.4 Å². The lowest BCUT2D eigenvalue weighted by Crippen LogP contribution is -1.94. The van der Waals surface area contributed by atoms with Gasteiger partial charge in [0.25, 0.3) is 0 Å². The van der Waals surface area contributed by atoms with Crippen LogP contribution >= 0.6 is 0 Å². The molecule has 7 aromatic carbocycles. The lowest BCUT2D eigenvalue weighted by atomic mass is 10.0. The Bertz CT molecular complexity index is 2670. The fourth-order valence-electron chi connectivity index (χ4n) is 7.37. The first-order chi connectivity index (χ1) is 20.8. The highest BCUT2D eigenvalue weighted by atomic mass is 15.0. The molecule has 2 nitrogen and oxygen atoms in total. The molecule has 10 aromatic rings. The van der Waals surface area contributed by atoms with Crippen LogP contribution in [0.15, 0.2) is 146 Å². The summed E-state index contributed by atoms with van der Waals surface area (Å²) in [6.45, 7) is 0. The van der Waals surface area contributed by atoms with E-state index in [0.29, 0.717) is 0 Å². The maximum atomic E-state index is 2.47. The van der Waals surface area contributed by atoms with Gasteiger partial charge in [-0.1, -0.05) is 97.1 Å². The molecule has 0 fully saturated rings. The van der Waals surface area contributed by atoms with Crippen molar-refractivity contribution in [3.8, 4) is 16.8 Å². The average Bonchev–Trinajstić information content (AvgIpc) is 3.68. The van der Waals surface area contributed by atoms with Gasteiger partial charge in [-0.25, -0.2) is 0 Å². The Kier molecular flexibility index (Phi) is 4.21. The number of para-hydroxylation sites is 3. The molecule has 0 aliphatic heterocycles. The number of fused-ring (bicyclic) bond motifs is 10. The molecule has 0 radical (unpaired) electrons. The lowest BCUT2D eigenvalue weighted by Gasteiger charge is -2.11. The highest BCUT2D eigenvalue weighted by molar-refractivity contribution is 6.25. The van der Waals surface area contributed by atoms with Crippen molar-refractivity contribution in [3.63, 3.8) is 0 Å². The lowest BCUT2D eigenvalue weighted by molar-refractivity contribution is 1.18. The Morgan fingerprint density at radius 1 is 0.333 bits per heavy atom. The first-order valence-electron chi connectivity index (χ1n) is 14.5. The molecular formula is C40H24N2. The molecule has 10 rings (SSSR count). The van der Waals surface area contributed by atoms with Gasteiger partial charge < -0.3 is 8.97 Å². The van der Waals surface area contributed by atoms with Crippen molar-refractivity contribution in [2.75, 3.05) is 0 Å². The van der Waals surface area contributed by atoms with E-state index in [-0.39, 0.29) is 0 Å². The highest BCUT2D eigenvalue weighted by Gasteiger charge is 2.19. The van der Waals surface area contributed by atoms with Crippen LogP contribution in [0.2, 0.25) is 0 Å². The summed E-state index contributed by atoms with van der Waals surface area (Å²) in [5.41, 5.74) is 9.93. The molecule has 0 bridgehead atoms. The minimum absolute atomic E-state index is 1.17. The van der Waals surface area contributed by atoms with E-state index >= 15 is 0 Å². The first-order valence-corrected chi connectivity index (χ1v) is 14.5. The van der Waals surface area contributed by atoms with E-state index in [9.17, 15) is 0 Å². The summed E-state index contributed by atoms with van der Waals surface area (Å²) in [4.78, 5) is 0. The van der Waals surface area contributed by atoms with E-state index in [2.05, 4.69) is 155 Å². The first kappa shape index (κ1) is 22.1. The van der Waals surface area contributed by atoms with E-state index in [1.54, 1.807) is 0 Å². The molecule has 3 heterocycles. The van der Waals surface area contributed by atoms with E-state index in [0.717, 1.165) is 0 Å². The average molecular weight is 533 g/mol. The molecule has 0 aliphatic carbocycles. The van der Waals surface area contributed by atoms with E-state index < -0.39 is 0 Å². The zero-order chi connectivity index (χ0) is 27.4. The van der Waals surface area contributed by atoms with Crippen molar-refractivity contribution in [2.24, 2.45) is 0 Å². The molecule has 0 saturated heterocycles. The monoisotopic (exact) mass is 532 g/mol. The molecule has 0 spiro atoms. The van der Waals surface area contributed by atoms with Crippen LogP contribution < -0.4 is 0 Å². The van der Waals surface area contributed by atoms with Crippen molar-refractivity contribution in [3.05, 3.63) is 146 Å². The van der Waals surface area contributed by atoms with E-state index in [1.165, 1.54) is 87.5 Å². The van der Waals surface area contributed by atoms with Crippen molar-refractivity contribution in [1.82, 2.24) is 8.97 Å². The van der Waals surface area contributed by atoms with Gasteiger partial charge in [0, 0.05) is 38.0 Å². The molecule has 194 valence electrons. The van der Waals surface area contributed by atoms with Gasteiger partial charge in [0.1, 0.15) is 0 Å². The SMILES string of the molecule is c1ccc(-c2cccc(-n3c4ccccc4c4cc5cc6c7cccc8c9ccccc9n(c6cc5cc43)c87)c2)cc1. The number of hydrogen-bond acceptors (Lipinski definition) is 0. The van der Waals surface area contributed by atoms with Crippen LogP contribution in [-0.2, 0) is 0 Å². The Morgan fingerprint density at radius 3 is 1.74 bits per heavy atom. The van der Waals surface area contributed by atoms with Gasteiger partial charge in [0.15, 0.2) is 0 Å². The summed E-state index contributed by atoms with van der Waals surface area (Å²) in [5, 5.41) is 10.4. The summed E-state index contributed by atoms with van der Waals surface area (Å²) in [5.74, 6) is 0. The predicted molar refractivity (Wildman–Crippen MR) is 178 cm³/mol. The van der Waals surface area contributed by atoms with Crippen LogP contribution in [0.1, 0.15) is 0 Å². The van der Waals surface area contributed by atoms with Crippen LogP contribution in [0.3, 0.4) is 0 Å². The summed E-state index contributed by atoms with van der Waals surface area (Å²) >= 11 is 0. The second kappa shape index (κ2) is 7.99. The fourth-order valence-corrected chi connectivity index (χ4v) is 7.37. The van der Waals surface area contributed by atoms with Gasteiger partial charge >= 0.3 is 0 Å². The van der Waals surface area contributed by atoms with Gasteiger partial charge in [-0.2, -0.15) is 0 Å². The Morgan fingerprint density at radius 2 is 0.905 bits per heavy atom. The van der Waals surface area contributed by atoms with Crippen molar-refractivity contribution in [1.29, 1.82) is 0 Å². The van der Waals surface area contributed by atoms with Crippen LogP contribution in [0.4, 0.5) is 0 Å². The molecular weight excluding hydrogens is 508 g/mol. The highest BCUT2D eigenvalue weighted by Crippen LogP contribution is 2.42. The molecule has 42 heavy (non-hydrogen) atoms. The molecule has 2 heteroatoms. The minimum atomic E-state index is 1.17. The number of aromatic nitrogens is 2. The standard InChI is InChI=1S/C40H24N2/c1-2-10-25(11-3-1)26-12-8-13-29(20-26)41-36-18-6-5-15-31(36)34-21-27-22-35-33-17-9-16-32-30-14-4-7-19-37(30)42(40(32)33)39(35)24-28(27)23-38(34)41/h1-24H. The minimum Gasteiger partial charge on any atom is -0.309 e. The second-order valence-corrected chi connectivity index (χ2v) is 11.4. The largest absolute Gasteiger partial charge is 0.309 e. The van der Waals surface area contributed by atoms with Crippen LogP contribution in [0.25, 0.3) is 87.5 Å². The molecule has 0 aliphatic rings. The number of hydrogen-bond donors (Lipinski definition) is 0. The molecule has 0 amide bonds.